The molecule has 0 aromatic carbocycles. The molecule has 0 bridgehead atoms. The van der Waals surface area contributed by atoms with E-state index in [1.165, 1.54) is 6.08 Å². The molecule has 0 saturated heterocycles. The Hall–Kier alpha value is -1.91. The van der Waals surface area contributed by atoms with Crippen molar-refractivity contribution in [2.75, 3.05) is 0 Å². The van der Waals surface area contributed by atoms with Crippen molar-refractivity contribution in [1.82, 2.24) is 0 Å². The Morgan fingerprint density at radius 1 is 1.12 bits per heavy atom. The molecule has 0 fully saturated rings. The Kier molecular flexibility index (Phi) is 3.50. The first-order valence-corrected chi connectivity index (χ1v) is 5.09. The molecule has 0 radical (unpaired) electrons. The normalized spacial score (nSPS) is 18.4. The van der Waals surface area contributed by atoms with Gasteiger partial charge in [-0.15, -0.1) is 0 Å². The summed E-state index contributed by atoms with van der Waals surface area (Å²) < 4.78 is 0. The lowest BCUT2D eigenvalue weighted by molar-refractivity contribution is -0.311. The summed E-state index contributed by atoms with van der Waals surface area (Å²) in [6.45, 7) is 3.23. The molecule has 0 unspecified atom stereocenters. The molecular formula is C12H12O5-2. The lowest BCUT2D eigenvalue weighted by Gasteiger charge is -2.35. The van der Waals surface area contributed by atoms with Crippen molar-refractivity contribution in [3.05, 3.63) is 23.3 Å². The molecule has 0 heterocycles. The zero-order valence-corrected chi connectivity index (χ0v) is 9.61. The number of rotatable bonds is 4. The summed E-state index contributed by atoms with van der Waals surface area (Å²) in [5.41, 5.74) is -0.479. The van der Waals surface area contributed by atoms with Crippen molar-refractivity contribution in [2.45, 2.75) is 26.7 Å². The van der Waals surface area contributed by atoms with Gasteiger partial charge in [0.25, 0.3) is 0 Å². The molecule has 92 valence electrons. The Morgan fingerprint density at radius 2 is 1.59 bits per heavy atom. The number of carboxylic acids is 2. The van der Waals surface area contributed by atoms with Gasteiger partial charge in [0.2, 0.25) is 0 Å². The monoisotopic (exact) mass is 236 g/mol. The van der Waals surface area contributed by atoms with Crippen molar-refractivity contribution >= 4 is 17.7 Å². The topological polar surface area (TPSA) is 97.3 Å². The largest absolute Gasteiger partial charge is 0.550 e. The van der Waals surface area contributed by atoms with Gasteiger partial charge in [-0.3, -0.25) is 4.79 Å². The highest BCUT2D eigenvalue weighted by molar-refractivity contribution is 6.03. The van der Waals surface area contributed by atoms with Crippen LogP contribution < -0.4 is 10.2 Å². The zero-order chi connectivity index (χ0) is 13.2. The van der Waals surface area contributed by atoms with Crippen molar-refractivity contribution in [3.63, 3.8) is 0 Å². The second kappa shape index (κ2) is 4.53. The second-order valence-electron chi connectivity index (χ2n) is 4.26. The number of hydrogen-bond acceptors (Lipinski definition) is 5. The van der Waals surface area contributed by atoms with Gasteiger partial charge in [-0.25, -0.2) is 0 Å². The first-order valence-electron chi connectivity index (χ1n) is 5.09. The Bertz CT molecular complexity index is 426. The van der Waals surface area contributed by atoms with Crippen molar-refractivity contribution in [3.8, 4) is 0 Å². The molecule has 1 rings (SSSR count). The predicted octanol–water partition coefficient (Wildman–Crippen LogP) is -1.27. The molecule has 1 aliphatic carbocycles. The molecule has 0 saturated carbocycles. The fourth-order valence-electron chi connectivity index (χ4n) is 2.07. The minimum atomic E-state index is -1.56. The van der Waals surface area contributed by atoms with Gasteiger partial charge in [-0.1, -0.05) is 11.6 Å². The van der Waals surface area contributed by atoms with Crippen LogP contribution >= 0.6 is 0 Å². The molecule has 5 nitrogen and oxygen atoms in total. The van der Waals surface area contributed by atoms with Crippen LogP contribution in [0.15, 0.2) is 23.3 Å². The number of hydrogen-bond donors (Lipinski definition) is 0. The Labute approximate surface area is 98.4 Å². The maximum atomic E-state index is 11.9. The van der Waals surface area contributed by atoms with Crippen LogP contribution in [0.1, 0.15) is 26.7 Å². The van der Waals surface area contributed by atoms with Crippen LogP contribution in [0.2, 0.25) is 0 Å². The minimum absolute atomic E-state index is 0.413. The molecule has 0 aliphatic heterocycles. The average molecular weight is 236 g/mol. The maximum absolute atomic E-state index is 11.9. The fraction of sp³-hybridized carbons (Fsp3) is 0.417. The van der Waals surface area contributed by atoms with Gasteiger partial charge >= 0.3 is 0 Å². The van der Waals surface area contributed by atoms with Crippen LogP contribution in [0.5, 0.6) is 0 Å². The highest BCUT2D eigenvalue weighted by Crippen LogP contribution is 2.39. The van der Waals surface area contributed by atoms with E-state index in [2.05, 4.69) is 0 Å². The standard InChI is InChI=1S/C12H14O5/c1-7-3-8(2)12(5-10(14)15,6-11(16)17)9(13)4-7/h3-4H,5-6H2,1-2H3,(H,14,15)(H,16,17)/p-2. The van der Waals surface area contributed by atoms with E-state index in [0.29, 0.717) is 11.1 Å². The second-order valence-corrected chi connectivity index (χ2v) is 4.26. The number of ketones is 1. The summed E-state index contributed by atoms with van der Waals surface area (Å²) >= 11 is 0. The third-order valence-electron chi connectivity index (χ3n) is 2.92. The van der Waals surface area contributed by atoms with Crippen LogP contribution in [0.4, 0.5) is 0 Å². The number of carbonyl (C=O) groups is 3. The first-order chi connectivity index (χ1) is 7.78. The smallest absolute Gasteiger partial charge is 0.166 e. The van der Waals surface area contributed by atoms with Crippen LogP contribution in [-0.2, 0) is 14.4 Å². The minimum Gasteiger partial charge on any atom is -0.550 e. The quantitative estimate of drug-likeness (QED) is 0.606. The SMILES string of the molecule is CC1=CC(=O)C(CC(=O)[O-])(CC(=O)[O-])C(C)=C1. The molecule has 1 aliphatic rings. The third kappa shape index (κ3) is 2.61. The highest BCUT2D eigenvalue weighted by atomic mass is 16.4. The van der Waals surface area contributed by atoms with Gasteiger partial charge in [0.1, 0.15) is 0 Å². The van der Waals surface area contributed by atoms with Crippen LogP contribution in [-0.4, -0.2) is 17.7 Å². The van der Waals surface area contributed by atoms with E-state index in [1.54, 1.807) is 19.9 Å². The van der Waals surface area contributed by atoms with E-state index >= 15 is 0 Å². The van der Waals surface area contributed by atoms with E-state index in [9.17, 15) is 24.6 Å². The lowest BCUT2D eigenvalue weighted by atomic mass is 9.68. The number of carboxylic acid groups (broad SMARTS) is 2. The van der Waals surface area contributed by atoms with Gasteiger partial charge in [-0.05, 0) is 25.5 Å². The number of aliphatic carboxylic acids is 2. The van der Waals surface area contributed by atoms with Crippen molar-refractivity contribution in [1.29, 1.82) is 0 Å². The van der Waals surface area contributed by atoms with E-state index < -0.39 is 36.0 Å². The van der Waals surface area contributed by atoms with E-state index in [-0.39, 0.29) is 0 Å². The third-order valence-corrected chi connectivity index (χ3v) is 2.92. The summed E-state index contributed by atoms with van der Waals surface area (Å²) in [6.07, 6.45) is 1.56. The maximum Gasteiger partial charge on any atom is 0.166 e. The lowest BCUT2D eigenvalue weighted by Crippen LogP contribution is -2.44. The zero-order valence-electron chi connectivity index (χ0n) is 9.61. The summed E-state index contributed by atoms with van der Waals surface area (Å²) in [5, 5.41) is 21.4. The highest BCUT2D eigenvalue weighted by Gasteiger charge is 2.40. The molecule has 0 atom stereocenters. The molecule has 0 spiro atoms. The van der Waals surface area contributed by atoms with Gasteiger partial charge in [0.05, 0.1) is 5.41 Å². The van der Waals surface area contributed by atoms with E-state index in [0.717, 1.165) is 0 Å². The van der Waals surface area contributed by atoms with Gasteiger partial charge < -0.3 is 19.8 Å². The molecule has 0 amide bonds. The van der Waals surface area contributed by atoms with Crippen LogP contribution in [0.3, 0.4) is 0 Å². The fourth-order valence-corrected chi connectivity index (χ4v) is 2.07. The molecule has 5 heteroatoms. The average Bonchev–Trinajstić information content (AvgIpc) is 2.12. The van der Waals surface area contributed by atoms with E-state index in [4.69, 9.17) is 0 Å². The van der Waals surface area contributed by atoms with Crippen LogP contribution in [0, 0.1) is 5.41 Å². The Balaban J connectivity index is 3.23. The molecule has 17 heavy (non-hydrogen) atoms. The number of allylic oxidation sites excluding steroid dienone is 4. The summed E-state index contributed by atoms with van der Waals surface area (Å²) in [7, 11) is 0. The predicted molar refractivity (Wildman–Crippen MR) is 54.2 cm³/mol. The Morgan fingerprint density at radius 3 is 1.94 bits per heavy atom. The van der Waals surface area contributed by atoms with E-state index in [1.807, 2.05) is 0 Å². The van der Waals surface area contributed by atoms with Crippen molar-refractivity contribution in [2.24, 2.45) is 5.41 Å². The number of carbonyl (C=O) groups excluding carboxylic acids is 3. The molecular weight excluding hydrogens is 224 g/mol. The van der Waals surface area contributed by atoms with Gasteiger partial charge in [-0.2, -0.15) is 0 Å². The molecule has 0 aromatic rings. The van der Waals surface area contributed by atoms with Crippen LogP contribution in [0.25, 0.3) is 0 Å². The van der Waals surface area contributed by atoms with Gasteiger partial charge in [0, 0.05) is 24.8 Å². The van der Waals surface area contributed by atoms with Crippen molar-refractivity contribution < 1.29 is 24.6 Å². The first kappa shape index (κ1) is 13.2. The van der Waals surface area contributed by atoms with Gasteiger partial charge in [0.15, 0.2) is 5.78 Å². The molecule has 0 aromatic heterocycles. The molecule has 0 N–H and O–H groups in total. The summed E-state index contributed by atoms with van der Waals surface area (Å²) in [4.78, 5) is 33.3. The summed E-state index contributed by atoms with van der Waals surface area (Å²) in [5.74, 6) is -3.44. The summed E-state index contributed by atoms with van der Waals surface area (Å²) in [6, 6.07) is 0.